The molecule has 0 unspecified atom stereocenters. The minimum absolute atomic E-state index is 0.0974. The van der Waals surface area contributed by atoms with Gasteiger partial charge in [-0.25, -0.2) is 4.79 Å². The van der Waals surface area contributed by atoms with E-state index in [9.17, 15) is 14.4 Å². The molecule has 26 heavy (non-hydrogen) atoms. The smallest absolute Gasteiger partial charge is 0.355 e. The predicted octanol–water partition coefficient (Wildman–Crippen LogP) is 2.08. The summed E-state index contributed by atoms with van der Waals surface area (Å²) in [5, 5.41) is 4.45. The summed E-state index contributed by atoms with van der Waals surface area (Å²) in [7, 11) is 0. The summed E-state index contributed by atoms with van der Waals surface area (Å²) in [6, 6.07) is 3.17. The molecule has 8 heteroatoms. The van der Waals surface area contributed by atoms with E-state index >= 15 is 0 Å². The molecule has 0 radical (unpaired) electrons. The molecule has 0 bridgehead atoms. The largest absolute Gasteiger partial charge is 0.457 e. The molecule has 2 atom stereocenters. The van der Waals surface area contributed by atoms with Crippen LogP contribution in [0, 0.1) is 0 Å². The van der Waals surface area contributed by atoms with Crippen LogP contribution >= 0.6 is 23.1 Å². The van der Waals surface area contributed by atoms with Crippen molar-refractivity contribution in [2.24, 2.45) is 0 Å². The highest BCUT2D eigenvalue weighted by Gasteiger charge is 2.54. The van der Waals surface area contributed by atoms with Gasteiger partial charge in [0, 0.05) is 10.6 Å². The first-order valence-electron chi connectivity index (χ1n) is 8.33. The number of rotatable bonds is 7. The number of thioether (sulfide) groups is 1. The lowest BCUT2D eigenvalue weighted by atomic mass is 10.0. The van der Waals surface area contributed by atoms with Crippen LogP contribution in [0.3, 0.4) is 0 Å². The Kier molecular flexibility index (Phi) is 5.83. The molecule has 2 aliphatic rings. The molecule has 0 saturated carbocycles. The van der Waals surface area contributed by atoms with Gasteiger partial charge in [0.2, 0.25) is 5.91 Å². The van der Waals surface area contributed by atoms with Crippen molar-refractivity contribution >= 4 is 40.9 Å². The zero-order chi connectivity index (χ0) is 18.7. The second-order valence-corrected chi connectivity index (χ2v) is 8.04. The van der Waals surface area contributed by atoms with Crippen molar-refractivity contribution in [1.82, 2.24) is 10.2 Å². The van der Waals surface area contributed by atoms with Crippen LogP contribution in [0.5, 0.6) is 0 Å². The molecule has 3 rings (SSSR count). The first-order chi connectivity index (χ1) is 12.6. The van der Waals surface area contributed by atoms with Gasteiger partial charge in [-0.05, 0) is 23.4 Å². The molecule has 1 N–H and O–H groups in total. The van der Waals surface area contributed by atoms with Crippen molar-refractivity contribution in [3.63, 3.8) is 0 Å². The van der Waals surface area contributed by atoms with Crippen LogP contribution in [0.25, 0.3) is 0 Å². The summed E-state index contributed by atoms with van der Waals surface area (Å²) < 4.78 is 5.15. The molecule has 138 valence electrons. The number of fused-ring (bicyclic) bond motifs is 1. The summed E-state index contributed by atoms with van der Waals surface area (Å²) in [5.41, 5.74) is 1.21. The van der Waals surface area contributed by atoms with Gasteiger partial charge in [-0.15, -0.1) is 23.1 Å². The average molecular weight is 393 g/mol. The normalized spacial score (nSPS) is 21.7. The third-order valence-electron chi connectivity index (χ3n) is 4.23. The van der Waals surface area contributed by atoms with E-state index in [-0.39, 0.29) is 30.2 Å². The summed E-state index contributed by atoms with van der Waals surface area (Å²) in [6.07, 6.45) is 2.41. The highest BCUT2D eigenvalue weighted by molar-refractivity contribution is 8.00. The number of hydrogen-bond donors (Lipinski definition) is 1. The lowest BCUT2D eigenvalue weighted by Crippen LogP contribution is -2.70. The molecule has 6 nitrogen and oxygen atoms in total. The maximum absolute atomic E-state index is 12.6. The topological polar surface area (TPSA) is 75.7 Å². The van der Waals surface area contributed by atoms with E-state index in [1.54, 1.807) is 11.8 Å². The van der Waals surface area contributed by atoms with Crippen molar-refractivity contribution < 1.29 is 19.1 Å². The first kappa shape index (κ1) is 18.7. The number of esters is 1. The number of amides is 2. The molecule has 1 saturated heterocycles. The molecule has 2 amide bonds. The molecule has 0 aliphatic carbocycles. The van der Waals surface area contributed by atoms with Crippen LogP contribution < -0.4 is 5.32 Å². The van der Waals surface area contributed by atoms with Gasteiger partial charge in [0.05, 0.1) is 6.42 Å². The highest BCUT2D eigenvalue weighted by atomic mass is 32.2. The number of nitrogens with one attached hydrogen (secondary N) is 1. The van der Waals surface area contributed by atoms with Crippen molar-refractivity contribution in [3.8, 4) is 0 Å². The number of carbonyl (C=O) groups is 3. The Morgan fingerprint density at radius 3 is 2.96 bits per heavy atom. The van der Waals surface area contributed by atoms with Crippen LogP contribution in [0.15, 0.2) is 41.4 Å². The van der Waals surface area contributed by atoms with E-state index < -0.39 is 12.0 Å². The number of hydrogen-bond acceptors (Lipinski definition) is 6. The Hall–Kier alpha value is -2.06. The first-order valence-corrected chi connectivity index (χ1v) is 10.3. The molecule has 3 heterocycles. The van der Waals surface area contributed by atoms with E-state index in [0.717, 1.165) is 10.5 Å². The van der Waals surface area contributed by atoms with Crippen LogP contribution in [-0.4, -0.2) is 46.5 Å². The fourth-order valence-electron chi connectivity index (χ4n) is 2.94. The Balaban J connectivity index is 1.69. The van der Waals surface area contributed by atoms with Gasteiger partial charge in [0.15, 0.2) is 0 Å². The van der Waals surface area contributed by atoms with Gasteiger partial charge in [0.25, 0.3) is 5.91 Å². The minimum atomic E-state index is -0.604. The van der Waals surface area contributed by atoms with Crippen molar-refractivity contribution in [2.75, 3.05) is 12.4 Å². The standard InChI is InChI=1S/C18H20N2O4S2/c1-3-7-24-18(23)15-11(4-2)10-26-17-14(16(22)20(15)17)19-13(21)9-12-6-5-8-25-12/h3,5-6,8,14,17H,1,4,7,9-10H2,2H3,(H,19,21)/t14-,17-/m1/s1. The third kappa shape index (κ3) is 3.57. The Morgan fingerprint density at radius 2 is 2.31 bits per heavy atom. The second-order valence-electron chi connectivity index (χ2n) is 5.90. The number of β-lactam (4-membered cyclic amide) rings is 1. The van der Waals surface area contributed by atoms with Crippen molar-refractivity contribution in [3.05, 3.63) is 46.3 Å². The summed E-state index contributed by atoms with van der Waals surface area (Å²) in [5.74, 6) is -0.324. The Labute approximate surface area is 160 Å². The van der Waals surface area contributed by atoms with Crippen LogP contribution in [0.1, 0.15) is 18.2 Å². The van der Waals surface area contributed by atoms with Crippen molar-refractivity contribution in [2.45, 2.75) is 31.2 Å². The molecule has 1 aromatic heterocycles. The molecule has 0 spiro atoms. The Bertz CT molecular complexity index is 757. The highest BCUT2D eigenvalue weighted by Crippen LogP contribution is 2.41. The van der Waals surface area contributed by atoms with Crippen LogP contribution in [0.2, 0.25) is 0 Å². The maximum atomic E-state index is 12.6. The van der Waals surface area contributed by atoms with Crippen LogP contribution in [0.4, 0.5) is 0 Å². The van der Waals surface area contributed by atoms with Crippen LogP contribution in [-0.2, 0) is 25.5 Å². The van der Waals surface area contributed by atoms with Gasteiger partial charge in [-0.1, -0.05) is 25.6 Å². The van der Waals surface area contributed by atoms with E-state index in [1.807, 2.05) is 24.4 Å². The SMILES string of the molecule is C=CCOC(=O)C1=C(CC)CS[C@@H]2[C@H](NC(=O)Cc3cccs3)C(=O)N12. The number of thiophene rings is 1. The number of nitrogens with zero attached hydrogens (tertiary/aromatic N) is 1. The lowest BCUT2D eigenvalue weighted by Gasteiger charge is -2.49. The fraction of sp³-hybridized carbons (Fsp3) is 0.389. The van der Waals surface area contributed by atoms with E-state index in [0.29, 0.717) is 17.9 Å². The molecule has 2 aliphatic heterocycles. The quantitative estimate of drug-likeness (QED) is 0.437. The van der Waals surface area contributed by atoms with Gasteiger partial charge in [-0.2, -0.15) is 0 Å². The Morgan fingerprint density at radius 1 is 1.50 bits per heavy atom. The van der Waals surface area contributed by atoms with E-state index in [4.69, 9.17) is 4.74 Å². The van der Waals surface area contributed by atoms with E-state index in [1.165, 1.54) is 22.3 Å². The van der Waals surface area contributed by atoms with Gasteiger partial charge in [0.1, 0.15) is 23.7 Å². The summed E-state index contributed by atoms with van der Waals surface area (Å²) in [4.78, 5) is 39.6. The second kappa shape index (κ2) is 8.09. The monoisotopic (exact) mass is 392 g/mol. The zero-order valence-corrected chi connectivity index (χ0v) is 16.0. The van der Waals surface area contributed by atoms with E-state index in [2.05, 4.69) is 11.9 Å². The number of carbonyl (C=O) groups excluding carboxylic acids is 3. The van der Waals surface area contributed by atoms with Gasteiger partial charge >= 0.3 is 5.97 Å². The van der Waals surface area contributed by atoms with Gasteiger partial charge < -0.3 is 10.1 Å². The molecular weight excluding hydrogens is 372 g/mol. The summed E-state index contributed by atoms with van der Waals surface area (Å²) >= 11 is 3.06. The molecular formula is C18H20N2O4S2. The van der Waals surface area contributed by atoms with Gasteiger partial charge in [-0.3, -0.25) is 14.5 Å². The maximum Gasteiger partial charge on any atom is 0.355 e. The molecule has 1 aromatic rings. The molecule has 1 fully saturated rings. The minimum Gasteiger partial charge on any atom is -0.457 e. The predicted molar refractivity (Wildman–Crippen MR) is 102 cm³/mol. The number of ether oxygens (including phenoxy) is 1. The third-order valence-corrected chi connectivity index (χ3v) is 6.45. The lowest BCUT2D eigenvalue weighted by molar-refractivity contribution is -0.152. The fourth-order valence-corrected chi connectivity index (χ4v) is 5.09. The zero-order valence-electron chi connectivity index (χ0n) is 14.4. The summed E-state index contributed by atoms with van der Waals surface area (Å²) in [6.45, 7) is 5.57. The molecule has 0 aromatic carbocycles. The van der Waals surface area contributed by atoms with Crippen molar-refractivity contribution in [1.29, 1.82) is 0 Å². The average Bonchev–Trinajstić information content (AvgIpc) is 3.15.